The van der Waals surface area contributed by atoms with Gasteiger partial charge in [-0.15, -0.1) is 0 Å². The first-order valence-electron chi connectivity index (χ1n) is 8.34. The summed E-state index contributed by atoms with van der Waals surface area (Å²) in [7, 11) is 1.49. The molecule has 5 heteroatoms. The van der Waals surface area contributed by atoms with E-state index in [-0.39, 0.29) is 5.97 Å². The van der Waals surface area contributed by atoms with Crippen LogP contribution in [0.3, 0.4) is 0 Å². The molecule has 1 saturated carbocycles. The summed E-state index contributed by atoms with van der Waals surface area (Å²) in [6.07, 6.45) is 5.36. The number of methoxy groups -OCH3 is 1. The van der Waals surface area contributed by atoms with Crippen LogP contribution in [0.5, 0.6) is 0 Å². The monoisotopic (exact) mass is 298 g/mol. The second-order valence-corrected chi connectivity index (χ2v) is 6.25. The van der Waals surface area contributed by atoms with Crippen LogP contribution in [0.2, 0.25) is 0 Å². The number of esters is 1. The van der Waals surface area contributed by atoms with Crippen molar-refractivity contribution in [3.63, 3.8) is 0 Å². The molecule has 0 amide bonds. The quantitative estimate of drug-likeness (QED) is 0.781. The Labute approximate surface area is 128 Å². The van der Waals surface area contributed by atoms with Crippen LogP contribution < -0.4 is 5.32 Å². The molecule has 0 aromatic rings. The molecule has 1 heterocycles. The molecule has 21 heavy (non-hydrogen) atoms. The van der Waals surface area contributed by atoms with Crippen LogP contribution in [0.15, 0.2) is 0 Å². The number of ether oxygens (including phenoxy) is 2. The molecule has 0 radical (unpaired) electrons. The second kappa shape index (κ2) is 7.56. The molecule has 0 aromatic carbocycles. The Balaban J connectivity index is 2.05. The van der Waals surface area contributed by atoms with Crippen molar-refractivity contribution < 1.29 is 14.3 Å². The zero-order chi connectivity index (χ0) is 15.3. The van der Waals surface area contributed by atoms with Crippen molar-refractivity contribution in [1.82, 2.24) is 10.2 Å². The largest absolute Gasteiger partial charge is 0.468 e. The van der Waals surface area contributed by atoms with E-state index in [1.54, 1.807) is 0 Å². The van der Waals surface area contributed by atoms with Gasteiger partial charge in [-0.3, -0.25) is 9.69 Å². The third-order valence-corrected chi connectivity index (χ3v) is 4.96. The maximum atomic E-state index is 12.3. The highest BCUT2D eigenvalue weighted by Gasteiger charge is 2.45. The number of carbonyl (C=O) groups excluding carboxylic acids is 1. The van der Waals surface area contributed by atoms with E-state index in [0.717, 1.165) is 51.9 Å². The van der Waals surface area contributed by atoms with Gasteiger partial charge in [0.15, 0.2) is 0 Å². The lowest BCUT2D eigenvalue weighted by Gasteiger charge is -2.45. The fourth-order valence-electron chi connectivity index (χ4n) is 3.83. The Hall–Kier alpha value is -0.650. The van der Waals surface area contributed by atoms with Crippen molar-refractivity contribution in [2.75, 3.05) is 33.4 Å². The molecule has 3 unspecified atom stereocenters. The van der Waals surface area contributed by atoms with E-state index in [4.69, 9.17) is 9.47 Å². The van der Waals surface area contributed by atoms with Gasteiger partial charge in [0.1, 0.15) is 5.54 Å². The van der Waals surface area contributed by atoms with Gasteiger partial charge in [-0.2, -0.15) is 0 Å². The third kappa shape index (κ3) is 3.76. The van der Waals surface area contributed by atoms with Crippen molar-refractivity contribution in [2.45, 2.75) is 63.6 Å². The summed E-state index contributed by atoms with van der Waals surface area (Å²) < 4.78 is 10.8. The highest BCUT2D eigenvalue weighted by molar-refractivity contribution is 5.81. The number of likely N-dealkylation sites (N-methyl/N-ethyl adjacent to an activating group) is 1. The first kappa shape index (κ1) is 16.7. The molecule has 0 spiro atoms. The van der Waals surface area contributed by atoms with Gasteiger partial charge in [-0.05, 0) is 38.6 Å². The van der Waals surface area contributed by atoms with Crippen LogP contribution in [0, 0.1) is 0 Å². The first-order chi connectivity index (χ1) is 10.1. The Kier molecular flexibility index (Phi) is 6.02. The maximum absolute atomic E-state index is 12.3. The zero-order valence-electron chi connectivity index (χ0n) is 13.7. The van der Waals surface area contributed by atoms with Gasteiger partial charge in [0, 0.05) is 19.1 Å². The maximum Gasteiger partial charge on any atom is 0.326 e. The Morgan fingerprint density at radius 2 is 2.29 bits per heavy atom. The summed E-state index contributed by atoms with van der Waals surface area (Å²) in [5, 5.41) is 3.41. The van der Waals surface area contributed by atoms with Crippen LogP contribution in [-0.2, 0) is 14.3 Å². The van der Waals surface area contributed by atoms with Crippen LogP contribution in [0.25, 0.3) is 0 Å². The summed E-state index contributed by atoms with van der Waals surface area (Å²) in [4.78, 5) is 14.8. The van der Waals surface area contributed by atoms with Gasteiger partial charge < -0.3 is 14.8 Å². The van der Waals surface area contributed by atoms with Gasteiger partial charge in [-0.25, -0.2) is 0 Å². The van der Waals surface area contributed by atoms with Gasteiger partial charge in [0.05, 0.1) is 19.8 Å². The highest BCUT2D eigenvalue weighted by Crippen LogP contribution is 2.33. The van der Waals surface area contributed by atoms with E-state index in [0.29, 0.717) is 12.1 Å². The summed E-state index contributed by atoms with van der Waals surface area (Å²) in [5.41, 5.74) is -0.494. The van der Waals surface area contributed by atoms with Crippen LogP contribution >= 0.6 is 0 Å². The molecule has 2 rings (SSSR count). The van der Waals surface area contributed by atoms with Gasteiger partial charge in [0.2, 0.25) is 0 Å². The molecule has 2 aliphatic rings. The normalized spacial score (nSPS) is 34.6. The number of nitrogens with zero attached hydrogens (tertiary/aromatic N) is 1. The Morgan fingerprint density at radius 1 is 1.48 bits per heavy atom. The van der Waals surface area contributed by atoms with E-state index in [9.17, 15) is 4.79 Å². The fraction of sp³-hybridized carbons (Fsp3) is 0.938. The predicted octanol–water partition coefficient (Wildman–Crippen LogP) is 1.56. The molecule has 1 aliphatic carbocycles. The van der Waals surface area contributed by atoms with Crippen LogP contribution in [-0.4, -0.2) is 61.9 Å². The standard InChI is InChI=1S/C16H30N2O3/c1-4-14-12-18(9-10-21-14)13-7-6-8-16(11-13,17-5-2)15(19)20-3/h13-14,17H,4-12H2,1-3H3. The molecule has 0 bridgehead atoms. The third-order valence-electron chi connectivity index (χ3n) is 4.96. The minimum atomic E-state index is -0.494. The molecular formula is C16H30N2O3. The molecular weight excluding hydrogens is 268 g/mol. The molecule has 1 saturated heterocycles. The van der Waals surface area contributed by atoms with E-state index in [1.807, 2.05) is 0 Å². The lowest BCUT2D eigenvalue weighted by atomic mass is 9.78. The number of rotatable bonds is 5. The number of morpholine rings is 1. The Bertz CT molecular complexity index is 346. The average Bonchev–Trinajstić information content (AvgIpc) is 2.54. The molecule has 3 atom stereocenters. The number of hydrogen-bond donors (Lipinski definition) is 1. The lowest BCUT2D eigenvalue weighted by Crippen LogP contribution is -2.60. The van der Waals surface area contributed by atoms with E-state index in [1.165, 1.54) is 13.5 Å². The van der Waals surface area contributed by atoms with E-state index >= 15 is 0 Å². The van der Waals surface area contributed by atoms with Crippen molar-refractivity contribution in [3.05, 3.63) is 0 Å². The number of nitrogens with one attached hydrogen (secondary N) is 1. The molecule has 1 aliphatic heterocycles. The SMILES string of the molecule is CCNC1(C(=O)OC)CCCC(N2CCOC(CC)C2)C1. The number of carbonyl (C=O) groups is 1. The van der Waals surface area contributed by atoms with E-state index < -0.39 is 5.54 Å². The second-order valence-electron chi connectivity index (χ2n) is 6.25. The van der Waals surface area contributed by atoms with Crippen molar-refractivity contribution >= 4 is 5.97 Å². The molecule has 5 nitrogen and oxygen atoms in total. The van der Waals surface area contributed by atoms with Gasteiger partial charge in [-0.1, -0.05) is 13.8 Å². The summed E-state index contributed by atoms with van der Waals surface area (Å²) >= 11 is 0. The average molecular weight is 298 g/mol. The topological polar surface area (TPSA) is 50.8 Å². The smallest absolute Gasteiger partial charge is 0.326 e. The highest BCUT2D eigenvalue weighted by atomic mass is 16.5. The Morgan fingerprint density at radius 3 is 2.95 bits per heavy atom. The zero-order valence-corrected chi connectivity index (χ0v) is 13.7. The molecule has 2 fully saturated rings. The number of hydrogen-bond acceptors (Lipinski definition) is 5. The summed E-state index contributed by atoms with van der Waals surface area (Å²) in [6.45, 7) is 7.79. The van der Waals surface area contributed by atoms with Gasteiger partial charge >= 0.3 is 5.97 Å². The predicted molar refractivity (Wildman–Crippen MR) is 82.3 cm³/mol. The van der Waals surface area contributed by atoms with Crippen molar-refractivity contribution in [2.24, 2.45) is 0 Å². The van der Waals surface area contributed by atoms with Crippen molar-refractivity contribution in [1.29, 1.82) is 0 Å². The van der Waals surface area contributed by atoms with Crippen LogP contribution in [0.1, 0.15) is 46.0 Å². The molecule has 1 N–H and O–H groups in total. The minimum absolute atomic E-state index is 0.102. The van der Waals surface area contributed by atoms with Crippen molar-refractivity contribution in [3.8, 4) is 0 Å². The molecule has 0 aromatic heterocycles. The first-order valence-corrected chi connectivity index (χ1v) is 8.34. The van der Waals surface area contributed by atoms with Crippen LogP contribution in [0.4, 0.5) is 0 Å². The fourth-order valence-corrected chi connectivity index (χ4v) is 3.83. The molecule has 122 valence electrons. The summed E-state index contributed by atoms with van der Waals surface area (Å²) in [5.74, 6) is -0.102. The van der Waals surface area contributed by atoms with Gasteiger partial charge in [0.25, 0.3) is 0 Å². The lowest BCUT2D eigenvalue weighted by molar-refractivity contribution is -0.152. The summed E-state index contributed by atoms with van der Waals surface area (Å²) in [6, 6.07) is 0.454. The van der Waals surface area contributed by atoms with E-state index in [2.05, 4.69) is 24.1 Å². The minimum Gasteiger partial charge on any atom is -0.468 e.